The fourth-order valence-corrected chi connectivity index (χ4v) is 5.23. The maximum atomic E-state index is 4.95. The molecule has 1 unspecified atom stereocenters. The van der Waals surface area contributed by atoms with Crippen molar-refractivity contribution in [1.29, 1.82) is 0 Å². The SMILES string of the molecule is c1cncc(C2c3nc[nH]c3CCN2Cc2nc3c(s2)CCCC3)c1. The first kappa shape index (κ1) is 15.2. The highest BCUT2D eigenvalue weighted by molar-refractivity contribution is 7.11. The summed E-state index contributed by atoms with van der Waals surface area (Å²) in [6.07, 6.45) is 11.6. The van der Waals surface area contributed by atoms with E-state index in [0.29, 0.717) is 0 Å². The topological polar surface area (TPSA) is 57.7 Å². The molecular formula is C19H21N5S. The molecule has 3 aromatic rings. The predicted octanol–water partition coefficient (Wildman–Crippen LogP) is 3.29. The van der Waals surface area contributed by atoms with Crippen molar-refractivity contribution in [3.63, 3.8) is 0 Å². The first-order valence-corrected chi connectivity index (χ1v) is 9.84. The number of imidazole rings is 1. The standard InChI is InChI=1S/C19H21N5S/c1-2-6-16-14(5-1)23-17(25-16)11-24-9-7-15-18(22-12-21-15)19(24)13-4-3-8-20-10-13/h3-4,8,10,12,19H,1-2,5-7,9,11H2,(H,21,22). The molecule has 0 saturated heterocycles. The summed E-state index contributed by atoms with van der Waals surface area (Å²) in [7, 11) is 0. The minimum absolute atomic E-state index is 0.157. The second-order valence-electron chi connectivity index (χ2n) is 6.86. The number of aryl methyl sites for hydroxylation is 2. The van der Waals surface area contributed by atoms with Crippen LogP contribution in [0.25, 0.3) is 0 Å². The molecule has 3 aromatic heterocycles. The molecule has 1 atom stereocenters. The Labute approximate surface area is 151 Å². The zero-order valence-electron chi connectivity index (χ0n) is 14.1. The zero-order chi connectivity index (χ0) is 16.6. The molecule has 128 valence electrons. The lowest BCUT2D eigenvalue weighted by atomic mass is 9.97. The van der Waals surface area contributed by atoms with Gasteiger partial charge in [-0.3, -0.25) is 9.88 Å². The van der Waals surface area contributed by atoms with Gasteiger partial charge in [0.2, 0.25) is 0 Å². The Morgan fingerprint density at radius 2 is 2.20 bits per heavy atom. The van der Waals surface area contributed by atoms with Gasteiger partial charge >= 0.3 is 0 Å². The fourth-order valence-electron chi connectivity index (χ4n) is 4.05. The highest BCUT2D eigenvalue weighted by Crippen LogP contribution is 2.35. The lowest BCUT2D eigenvalue weighted by molar-refractivity contribution is 0.199. The van der Waals surface area contributed by atoms with Gasteiger partial charge in [0.15, 0.2) is 0 Å². The van der Waals surface area contributed by atoms with Gasteiger partial charge in [-0.15, -0.1) is 11.3 Å². The number of fused-ring (bicyclic) bond motifs is 2. The van der Waals surface area contributed by atoms with Crippen LogP contribution in [0.5, 0.6) is 0 Å². The van der Waals surface area contributed by atoms with Gasteiger partial charge in [0.25, 0.3) is 0 Å². The van der Waals surface area contributed by atoms with E-state index in [1.807, 2.05) is 36.1 Å². The summed E-state index contributed by atoms with van der Waals surface area (Å²) in [5.74, 6) is 0. The molecule has 1 aliphatic heterocycles. The van der Waals surface area contributed by atoms with E-state index >= 15 is 0 Å². The second-order valence-corrected chi connectivity index (χ2v) is 8.03. The number of thiazole rings is 1. The van der Waals surface area contributed by atoms with Gasteiger partial charge in [-0.2, -0.15) is 0 Å². The minimum Gasteiger partial charge on any atom is -0.348 e. The monoisotopic (exact) mass is 351 g/mol. The smallest absolute Gasteiger partial charge is 0.107 e. The van der Waals surface area contributed by atoms with Gasteiger partial charge in [0.05, 0.1) is 30.3 Å². The lowest BCUT2D eigenvalue weighted by Gasteiger charge is -2.34. The van der Waals surface area contributed by atoms with Crippen molar-refractivity contribution in [2.45, 2.75) is 44.7 Å². The summed E-state index contributed by atoms with van der Waals surface area (Å²) in [6, 6.07) is 4.32. The van der Waals surface area contributed by atoms with Crippen LogP contribution in [0.1, 0.15) is 51.4 Å². The molecular weight excluding hydrogens is 330 g/mol. The van der Waals surface area contributed by atoms with Crippen molar-refractivity contribution in [3.8, 4) is 0 Å². The van der Waals surface area contributed by atoms with E-state index in [-0.39, 0.29) is 6.04 Å². The van der Waals surface area contributed by atoms with Gasteiger partial charge in [-0.25, -0.2) is 9.97 Å². The van der Waals surface area contributed by atoms with Crippen LogP contribution in [0.3, 0.4) is 0 Å². The van der Waals surface area contributed by atoms with E-state index in [0.717, 1.165) is 31.6 Å². The molecule has 1 N–H and O–H groups in total. The van der Waals surface area contributed by atoms with E-state index in [1.165, 1.54) is 46.1 Å². The summed E-state index contributed by atoms with van der Waals surface area (Å²) in [5.41, 5.74) is 4.95. The summed E-state index contributed by atoms with van der Waals surface area (Å²) < 4.78 is 0. The zero-order valence-corrected chi connectivity index (χ0v) is 14.9. The molecule has 5 nitrogen and oxygen atoms in total. The summed E-state index contributed by atoms with van der Waals surface area (Å²) >= 11 is 1.91. The van der Waals surface area contributed by atoms with Crippen LogP contribution in [-0.2, 0) is 25.8 Å². The van der Waals surface area contributed by atoms with Gasteiger partial charge in [0.1, 0.15) is 5.01 Å². The normalized spacial score (nSPS) is 20.2. The van der Waals surface area contributed by atoms with Crippen LogP contribution in [0.2, 0.25) is 0 Å². The van der Waals surface area contributed by atoms with Crippen molar-refractivity contribution in [2.24, 2.45) is 0 Å². The summed E-state index contributed by atoms with van der Waals surface area (Å²) in [5, 5.41) is 1.25. The van der Waals surface area contributed by atoms with Crippen LogP contribution in [-0.4, -0.2) is 31.4 Å². The van der Waals surface area contributed by atoms with Crippen molar-refractivity contribution in [1.82, 2.24) is 24.8 Å². The predicted molar refractivity (Wildman–Crippen MR) is 97.5 cm³/mol. The van der Waals surface area contributed by atoms with Gasteiger partial charge in [-0.05, 0) is 37.3 Å². The van der Waals surface area contributed by atoms with E-state index in [9.17, 15) is 0 Å². The molecule has 5 rings (SSSR count). The molecule has 0 fully saturated rings. The van der Waals surface area contributed by atoms with Gasteiger partial charge in [0, 0.05) is 35.9 Å². The third-order valence-corrected chi connectivity index (χ3v) is 6.40. The summed E-state index contributed by atoms with van der Waals surface area (Å²) in [4.78, 5) is 21.2. The molecule has 6 heteroatoms. The molecule has 0 spiro atoms. The molecule has 25 heavy (non-hydrogen) atoms. The molecule has 0 amide bonds. The number of rotatable bonds is 3. The Kier molecular flexibility index (Phi) is 3.87. The third-order valence-electron chi connectivity index (χ3n) is 5.25. The van der Waals surface area contributed by atoms with Crippen LogP contribution in [0, 0.1) is 0 Å². The summed E-state index contributed by atoms with van der Waals surface area (Å²) in [6.45, 7) is 1.91. The van der Waals surface area contributed by atoms with E-state index in [2.05, 4.69) is 25.9 Å². The van der Waals surface area contributed by atoms with Crippen LogP contribution >= 0.6 is 11.3 Å². The maximum absolute atomic E-state index is 4.95. The lowest BCUT2D eigenvalue weighted by Crippen LogP contribution is -2.35. The van der Waals surface area contributed by atoms with E-state index < -0.39 is 0 Å². The number of aromatic nitrogens is 4. The number of hydrogen-bond donors (Lipinski definition) is 1. The molecule has 1 aliphatic carbocycles. The Bertz CT molecular complexity index is 846. The Morgan fingerprint density at radius 3 is 3.08 bits per heavy atom. The molecule has 4 heterocycles. The first-order chi connectivity index (χ1) is 12.4. The van der Waals surface area contributed by atoms with Crippen LogP contribution in [0.4, 0.5) is 0 Å². The van der Waals surface area contributed by atoms with E-state index in [1.54, 1.807) is 0 Å². The molecule has 0 bridgehead atoms. The van der Waals surface area contributed by atoms with Gasteiger partial charge in [-0.1, -0.05) is 6.07 Å². The van der Waals surface area contributed by atoms with Crippen molar-refractivity contribution < 1.29 is 0 Å². The number of nitrogens with one attached hydrogen (secondary N) is 1. The van der Waals surface area contributed by atoms with Crippen molar-refractivity contribution >= 4 is 11.3 Å². The van der Waals surface area contributed by atoms with Crippen LogP contribution in [0.15, 0.2) is 30.9 Å². The highest BCUT2D eigenvalue weighted by Gasteiger charge is 2.32. The number of H-pyrrole nitrogens is 1. The third kappa shape index (κ3) is 2.79. The first-order valence-electron chi connectivity index (χ1n) is 9.02. The van der Waals surface area contributed by atoms with Crippen LogP contribution < -0.4 is 0 Å². The van der Waals surface area contributed by atoms with Gasteiger partial charge < -0.3 is 4.98 Å². The maximum Gasteiger partial charge on any atom is 0.107 e. The number of aromatic amines is 1. The van der Waals surface area contributed by atoms with Crippen molar-refractivity contribution in [3.05, 3.63) is 63.4 Å². The minimum atomic E-state index is 0.157. The fraction of sp³-hybridized carbons (Fsp3) is 0.421. The molecule has 0 aromatic carbocycles. The molecule has 0 radical (unpaired) electrons. The Morgan fingerprint density at radius 1 is 1.24 bits per heavy atom. The highest BCUT2D eigenvalue weighted by atomic mass is 32.1. The number of nitrogens with zero attached hydrogens (tertiary/aromatic N) is 4. The number of hydrogen-bond acceptors (Lipinski definition) is 5. The number of pyridine rings is 1. The van der Waals surface area contributed by atoms with E-state index in [4.69, 9.17) is 4.98 Å². The Balaban J connectivity index is 1.48. The largest absolute Gasteiger partial charge is 0.348 e. The molecule has 2 aliphatic rings. The second kappa shape index (κ2) is 6.35. The quantitative estimate of drug-likeness (QED) is 0.787. The average molecular weight is 351 g/mol. The molecule has 0 saturated carbocycles. The Hall–Kier alpha value is -2.05. The average Bonchev–Trinajstić information content (AvgIpc) is 3.28. The van der Waals surface area contributed by atoms with Crippen molar-refractivity contribution in [2.75, 3.05) is 6.54 Å².